The topological polar surface area (TPSA) is 107 Å². The minimum absolute atomic E-state index is 0.0200. The van der Waals surface area contributed by atoms with E-state index < -0.39 is 6.23 Å². The van der Waals surface area contributed by atoms with Gasteiger partial charge in [0, 0.05) is 25.1 Å². The molecule has 5 N–H and O–H groups in total. The lowest BCUT2D eigenvalue weighted by Crippen LogP contribution is -2.32. The van der Waals surface area contributed by atoms with Crippen LogP contribution in [0.4, 0.5) is 4.39 Å². The van der Waals surface area contributed by atoms with Crippen LogP contribution in [0, 0.1) is 5.82 Å². The number of ether oxygens (including phenoxy) is 1. The zero-order valence-electron chi connectivity index (χ0n) is 20.0. The van der Waals surface area contributed by atoms with Crippen molar-refractivity contribution in [2.24, 2.45) is 0 Å². The SMILES string of the molecule is COc1ccc(CCNC(O)Cc2ccc(O)c3[nH]c(=O)sc23)cc1CNCCc1ccccc1F. The maximum atomic E-state index is 13.8. The number of hydrogen-bond donors (Lipinski definition) is 5. The van der Waals surface area contributed by atoms with E-state index in [1.165, 1.54) is 12.1 Å². The molecule has 4 rings (SSSR count). The van der Waals surface area contributed by atoms with Gasteiger partial charge in [-0.05, 0) is 54.3 Å². The number of H-pyrrole nitrogens is 1. The Balaban J connectivity index is 1.28. The van der Waals surface area contributed by atoms with Gasteiger partial charge in [-0.1, -0.05) is 47.7 Å². The van der Waals surface area contributed by atoms with E-state index in [0.717, 1.165) is 33.8 Å². The van der Waals surface area contributed by atoms with Crippen LogP contribution in [-0.2, 0) is 25.8 Å². The summed E-state index contributed by atoms with van der Waals surface area (Å²) in [6.45, 7) is 1.79. The number of thiazole rings is 1. The second-order valence-corrected chi connectivity index (χ2v) is 9.53. The summed E-state index contributed by atoms with van der Waals surface area (Å²) in [7, 11) is 1.64. The Bertz CT molecular complexity index is 1370. The Hall–Kier alpha value is -3.24. The molecule has 0 aliphatic rings. The fourth-order valence-electron chi connectivity index (χ4n) is 4.17. The average Bonchev–Trinajstić information content (AvgIpc) is 3.27. The van der Waals surface area contributed by atoms with E-state index in [2.05, 4.69) is 21.7 Å². The molecule has 0 fully saturated rings. The number of aliphatic hydroxyl groups is 1. The molecular weight excluding hydrogens is 481 g/mol. The van der Waals surface area contributed by atoms with Crippen LogP contribution in [0.1, 0.15) is 22.3 Å². The van der Waals surface area contributed by atoms with E-state index in [0.29, 0.717) is 54.7 Å². The number of methoxy groups -OCH3 is 1. The molecule has 9 heteroatoms. The summed E-state index contributed by atoms with van der Waals surface area (Å²) in [5.74, 6) is 0.617. The van der Waals surface area contributed by atoms with Crippen molar-refractivity contribution in [3.8, 4) is 11.5 Å². The van der Waals surface area contributed by atoms with Crippen molar-refractivity contribution < 1.29 is 19.3 Å². The highest BCUT2D eigenvalue weighted by molar-refractivity contribution is 7.16. The molecule has 0 aliphatic carbocycles. The number of nitrogens with one attached hydrogen (secondary N) is 3. The molecule has 3 aromatic carbocycles. The lowest BCUT2D eigenvalue weighted by Gasteiger charge is -2.15. The summed E-state index contributed by atoms with van der Waals surface area (Å²) >= 11 is 1.02. The lowest BCUT2D eigenvalue weighted by atomic mass is 10.1. The molecule has 0 saturated heterocycles. The third-order valence-electron chi connectivity index (χ3n) is 6.04. The molecule has 7 nitrogen and oxygen atoms in total. The quantitative estimate of drug-likeness (QED) is 0.147. The first-order chi connectivity index (χ1) is 17.4. The maximum Gasteiger partial charge on any atom is 0.305 e. The number of benzene rings is 3. The maximum absolute atomic E-state index is 13.8. The number of phenolic OH excluding ortho intramolecular Hbond substituents is 1. The second-order valence-electron chi connectivity index (χ2n) is 8.55. The summed E-state index contributed by atoms with van der Waals surface area (Å²) < 4.78 is 19.9. The Morgan fingerprint density at radius 1 is 1.06 bits per heavy atom. The fraction of sp³-hybridized carbons (Fsp3) is 0.296. The Kier molecular flexibility index (Phi) is 8.71. The van der Waals surface area contributed by atoms with Gasteiger partial charge in [0.15, 0.2) is 0 Å². The van der Waals surface area contributed by atoms with Crippen LogP contribution in [-0.4, -0.2) is 41.6 Å². The lowest BCUT2D eigenvalue weighted by molar-refractivity contribution is 0.138. The summed E-state index contributed by atoms with van der Waals surface area (Å²) in [5.41, 5.74) is 3.99. The van der Waals surface area contributed by atoms with Crippen LogP contribution < -0.4 is 20.2 Å². The first-order valence-corrected chi connectivity index (χ1v) is 12.6. The number of hydrogen-bond acceptors (Lipinski definition) is 7. The van der Waals surface area contributed by atoms with Crippen molar-refractivity contribution in [1.82, 2.24) is 15.6 Å². The molecule has 0 aliphatic heterocycles. The molecule has 0 bridgehead atoms. The van der Waals surface area contributed by atoms with Crippen LogP contribution >= 0.6 is 11.3 Å². The Labute approximate surface area is 212 Å². The van der Waals surface area contributed by atoms with Crippen molar-refractivity contribution >= 4 is 21.6 Å². The summed E-state index contributed by atoms with van der Waals surface area (Å²) in [6, 6.07) is 16.0. The number of aromatic amines is 1. The van der Waals surface area contributed by atoms with Crippen molar-refractivity contribution in [2.75, 3.05) is 20.2 Å². The van der Waals surface area contributed by atoms with E-state index >= 15 is 0 Å². The fourth-order valence-corrected chi connectivity index (χ4v) is 5.05. The first-order valence-electron chi connectivity index (χ1n) is 11.8. The van der Waals surface area contributed by atoms with Gasteiger partial charge in [-0.25, -0.2) is 4.39 Å². The molecule has 190 valence electrons. The number of phenols is 1. The summed E-state index contributed by atoms with van der Waals surface area (Å²) in [4.78, 5) is 14.1. The summed E-state index contributed by atoms with van der Waals surface area (Å²) in [5, 5.41) is 26.9. The van der Waals surface area contributed by atoms with E-state index in [1.54, 1.807) is 25.3 Å². The highest BCUT2D eigenvalue weighted by Gasteiger charge is 2.13. The molecule has 36 heavy (non-hydrogen) atoms. The number of aromatic nitrogens is 1. The highest BCUT2D eigenvalue weighted by Crippen LogP contribution is 2.28. The number of aliphatic hydroxyl groups excluding tert-OH is 1. The molecule has 1 aromatic heterocycles. The van der Waals surface area contributed by atoms with E-state index in [9.17, 15) is 19.4 Å². The third-order valence-corrected chi connectivity index (χ3v) is 6.99. The van der Waals surface area contributed by atoms with Gasteiger partial charge >= 0.3 is 4.87 Å². The van der Waals surface area contributed by atoms with E-state index in [4.69, 9.17) is 4.74 Å². The molecule has 0 amide bonds. The predicted molar refractivity (Wildman–Crippen MR) is 140 cm³/mol. The Morgan fingerprint density at radius 3 is 2.69 bits per heavy atom. The van der Waals surface area contributed by atoms with Gasteiger partial charge in [-0.3, -0.25) is 10.1 Å². The number of rotatable bonds is 12. The smallest absolute Gasteiger partial charge is 0.305 e. The zero-order chi connectivity index (χ0) is 25.5. The first kappa shape index (κ1) is 25.8. The standard InChI is InChI=1S/C27H30FN3O4S/c1-35-23-9-6-17(14-20(23)16-29-12-11-18-4-2-3-5-21(18)28)10-13-30-24(33)15-19-7-8-22(32)25-26(19)36-27(34)31-25/h2-9,14,24,29-30,32-33H,10-13,15-16H2,1H3,(H,31,34). The predicted octanol–water partition coefficient (Wildman–Crippen LogP) is 3.47. The highest BCUT2D eigenvalue weighted by atomic mass is 32.1. The normalized spacial score (nSPS) is 12.2. The van der Waals surface area contributed by atoms with Crippen molar-refractivity contribution in [2.45, 2.75) is 32.0 Å². The van der Waals surface area contributed by atoms with Gasteiger partial charge in [0.05, 0.1) is 11.8 Å². The van der Waals surface area contributed by atoms with Gasteiger partial charge in [0.25, 0.3) is 0 Å². The monoisotopic (exact) mass is 511 g/mol. The second kappa shape index (κ2) is 12.1. The molecule has 4 aromatic rings. The Morgan fingerprint density at radius 2 is 1.89 bits per heavy atom. The van der Waals surface area contributed by atoms with Gasteiger partial charge in [-0.15, -0.1) is 0 Å². The van der Waals surface area contributed by atoms with Crippen molar-refractivity contribution in [1.29, 1.82) is 0 Å². The largest absolute Gasteiger partial charge is 0.506 e. The molecular formula is C27H30FN3O4S. The van der Waals surface area contributed by atoms with Gasteiger partial charge < -0.3 is 25.3 Å². The molecule has 0 radical (unpaired) electrons. The number of aromatic hydroxyl groups is 1. The van der Waals surface area contributed by atoms with Gasteiger partial charge in [0.1, 0.15) is 29.1 Å². The number of halogens is 1. The van der Waals surface area contributed by atoms with E-state index in [1.807, 2.05) is 18.2 Å². The van der Waals surface area contributed by atoms with E-state index in [-0.39, 0.29) is 16.4 Å². The molecule has 0 saturated carbocycles. The third kappa shape index (κ3) is 6.50. The minimum Gasteiger partial charge on any atom is -0.506 e. The minimum atomic E-state index is -0.798. The molecule has 1 atom stereocenters. The van der Waals surface area contributed by atoms with Crippen LogP contribution in [0.15, 0.2) is 59.4 Å². The molecule has 0 spiro atoms. The molecule has 1 unspecified atom stereocenters. The van der Waals surface area contributed by atoms with Crippen molar-refractivity contribution in [3.63, 3.8) is 0 Å². The van der Waals surface area contributed by atoms with Crippen LogP contribution in [0.3, 0.4) is 0 Å². The number of fused-ring (bicyclic) bond motifs is 1. The summed E-state index contributed by atoms with van der Waals surface area (Å²) in [6.07, 6.45) is 0.812. The van der Waals surface area contributed by atoms with Crippen LogP contribution in [0.2, 0.25) is 0 Å². The van der Waals surface area contributed by atoms with Gasteiger partial charge in [0.2, 0.25) is 0 Å². The molecule has 1 heterocycles. The zero-order valence-corrected chi connectivity index (χ0v) is 20.8. The average molecular weight is 512 g/mol. The van der Waals surface area contributed by atoms with Crippen molar-refractivity contribution in [3.05, 3.63) is 92.3 Å². The van der Waals surface area contributed by atoms with Crippen LogP contribution in [0.25, 0.3) is 10.2 Å². The van der Waals surface area contributed by atoms with Gasteiger partial charge in [-0.2, -0.15) is 0 Å². The van der Waals surface area contributed by atoms with Crippen LogP contribution in [0.5, 0.6) is 11.5 Å².